The molecule has 8 nitrogen and oxygen atoms in total. The number of aromatic nitrogens is 1. The number of hydrogen-bond acceptors (Lipinski definition) is 6. The zero-order chi connectivity index (χ0) is 27.3. The summed E-state index contributed by atoms with van der Waals surface area (Å²) in [5.74, 6) is -0.818. The van der Waals surface area contributed by atoms with Crippen molar-refractivity contribution in [2.45, 2.75) is 33.1 Å². The summed E-state index contributed by atoms with van der Waals surface area (Å²) in [6.45, 7) is 5.51. The number of rotatable bonds is 10. The van der Waals surface area contributed by atoms with Gasteiger partial charge >= 0.3 is 0 Å². The Hall–Kier alpha value is -4.40. The molecule has 0 aliphatic carbocycles. The summed E-state index contributed by atoms with van der Waals surface area (Å²) in [5, 5.41) is 11.9. The van der Waals surface area contributed by atoms with Crippen molar-refractivity contribution in [3.8, 4) is 0 Å². The molecule has 1 heterocycles. The second-order valence-electron chi connectivity index (χ2n) is 8.94. The third-order valence-corrected chi connectivity index (χ3v) is 6.07. The fourth-order valence-electron chi connectivity index (χ4n) is 3.95. The summed E-state index contributed by atoms with van der Waals surface area (Å²) < 4.78 is 14.4. The van der Waals surface area contributed by atoms with Crippen LogP contribution >= 0.6 is 0 Å². The number of nitrogens with zero attached hydrogens (tertiary/aromatic N) is 2. The first-order valence-electron chi connectivity index (χ1n) is 12.0. The number of nitrogen functional groups attached to an aromatic ring is 1. The van der Waals surface area contributed by atoms with E-state index in [1.807, 2.05) is 37.2 Å². The van der Waals surface area contributed by atoms with Crippen LogP contribution in [0.2, 0.25) is 0 Å². The predicted molar refractivity (Wildman–Crippen MR) is 151 cm³/mol. The van der Waals surface area contributed by atoms with Crippen molar-refractivity contribution in [3.63, 3.8) is 0 Å². The van der Waals surface area contributed by atoms with Gasteiger partial charge in [-0.25, -0.2) is 4.39 Å². The number of halogens is 1. The molecule has 0 bridgehead atoms. The average molecular weight is 504 g/mol. The van der Waals surface area contributed by atoms with E-state index in [-0.39, 0.29) is 0 Å². The van der Waals surface area contributed by atoms with E-state index in [1.54, 1.807) is 32.0 Å². The SMILES string of the molecule is CC/C=C\C=C(\Nc1ccc(F)cc1C(C)=Nc1c(C(C)C(N)=O)[nH]c2ccc(N)c(C=N)c12)N(C)C. The van der Waals surface area contributed by atoms with Gasteiger partial charge in [0.25, 0.3) is 0 Å². The molecule has 9 heteroatoms. The lowest BCUT2D eigenvalue weighted by atomic mass is 10.0. The van der Waals surface area contributed by atoms with E-state index in [1.165, 1.54) is 12.1 Å². The van der Waals surface area contributed by atoms with Crippen molar-refractivity contribution in [3.05, 3.63) is 77.0 Å². The quantitative estimate of drug-likeness (QED) is 0.144. The van der Waals surface area contributed by atoms with Crippen molar-refractivity contribution in [1.29, 1.82) is 5.41 Å². The Balaban J connectivity index is 2.24. The number of carbonyl (C=O) groups is 1. The predicted octanol–water partition coefficient (Wildman–Crippen LogP) is 5.40. The maximum atomic E-state index is 14.4. The molecule has 0 saturated carbocycles. The summed E-state index contributed by atoms with van der Waals surface area (Å²) in [5.41, 5.74) is 16.0. The van der Waals surface area contributed by atoms with Crippen LogP contribution in [-0.2, 0) is 4.79 Å². The molecule has 0 fully saturated rings. The zero-order valence-electron chi connectivity index (χ0n) is 21.8. The molecule has 1 amide bonds. The first kappa shape index (κ1) is 27.2. The summed E-state index contributed by atoms with van der Waals surface area (Å²) in [7, 11) is 3.82. The molecule has 0 aliphatic heterocycles. The molecule has 1 unspecified atom stereocenters. The van der Waals surface area contributed by atoms with Gasteiger partial charge in [-0.15, -0.1) is 0 Å². The molecule has 1 aromatic heterocycles. The lowest BCUT2D eigenvalue weighted by molar-refractivity contribution is -0.119. The Morgan fingerprint density at radius 2 is 2.03 bits per heavy atom. The largest absolute Gasteiger partial charge is 0.398 e. The molecule has 3 aromatic rings. The molecule has 7 N–H and O–H groups in total. The molecule has 3 rings (SSSR count). The van der Waals surface area contributed by atoms with Gasteiger partial charge in [-0.3, -0.25) is 9.79 Å². The Morgan fingerprint density at radius 1 is 1.30 bits per heavy atom. The highest BCUT2D eigenvalue weighted by atomic mass is 19.1. The standard InChI is InChI=1S/C28H34FN7O/c1-6-7-8-9-24(36(4)5)34-22-12-10-18(29)14-19(22)17(3)33-27-25-20(15-30)21(31)11-13-23(25)35-26(27)16(2)28(32)37/h7-16,30,34-35H,6,31H2,1-5H3,(H2,32,37)/b8-7-,24-9-,30-15?,33-17?. The van der Waals surface area contributed by atoms with Crippen molar-refractivity contribution in [2.75, 3.05) is 25.1 Å². The van der Waals surface area contributed by atoms with Crippen molar-refractivity contribution in [1.82, 2.24) is 9.88 Å². The first-order chi connectivity index (χ1) is 17.6. The number of H-pyrrole nitrogens is 1. The lowest BCUT2D eigenvalue weighted by Crippen LogP contribution is -2.19. The topological polar surface area (TPSA) is 136 Å². The molecule has 0 saturated heterocycles. The molecule has 0 spiro atoms. The number of allylic oxidation sites excluding steroid dienone is 3. The number of benzene rings is 2. The minimum atomic E-state index is -0.683. The Morgan fingerprint density at radius 3 is 2.65 bits per heavy atom. The number of nitrogens with one attached hydrogen (secondary N) is 3. The third kappa shape index (κ3) is 5.88. The van der Waals surface area contributed by atoms with Crippen LogP contribution in [0.3, 0.4) is 0 Å². The lowest BCUT2D eigenvalue weighted by Gasteiger charge is -2.21. The van der Waals surface area contributed by atoms with E-state index < -0.39 is 17.6 Å². The Bertz CT molecular complexity index is 1420. The van der Waals surface area contributed by atoms with Gasteiger partial charge in [-0.05, 0) is 56.7 Å². The highest BCUT2D eigenvalue weighted by Gasteiger charge is 2.23. The van der Waals surface area contributed by atoms with Crippen LogP contribution in [0.1, 0.15) is 49.9 Å². The van der Waals surface area contributed by atoms with E-state index in [9.17, 15) is 9.18 Å². The minimum Gasteiger partial charge on any atom is -0.398 e. The summed E-state index contributed by atoms with van der Waals surface area (Å²) in [6.07, 6.45) is 8.00. The molecule has 2 aromatic carbocycles. The average Bonchev–Trinajstić information content (AvgIpc) is 3.21. The number of anilines is 2. The fourth-order valence-corrected chi connectivity index (χ4v) is 3.95. The summed E-state index contributed by atoms with van der Waals surface area (Å²) in [4.78, 5) is 22.1. The highest BCUT2D eigenvalue weighted by molar-refractivity contribution is 6.13. The van der Waals surface area contributed by atoms with Gasteiger partial charge in [0.15, 0.2) is 0 Å². The Labute approximate surface area is 216 Å². The molecule has 1 atom stereocenters. The number of aromatic amines is 1. The van der Waals surface area contributed by atoms with E-state index in [2.05, 4.69) is 17.2 Å². The number of fused-ring (bicyclic) bond motifs is 1. The monoisotopic (exact) mass is 503 g/mol. The smallest absolute Gasteiger partial charge is 0.226 e. The van der Waals surface area contributed by atoms with Gasteiger partial charge in [-0.2, -0.15) is 0 Å². The fraction of sp³-hybridized carbons (Fsp3) is 0.250. The highest BCUT2D eigenvalue weighted by Crippen LogP contribution is 2.39. The van der Waals surface area contributed by atoms with Crippen LogP contribution in [0, 0.1) is 11.2 Å². The number of amides is 1. The van der Waals surface area contributed by atoms with Crippen LogP contribution < -0.4 is 16.8 Å². The molecular weight excluding hydrogens is 469 g/mol. The van der Waals surface area contributed by atoms with Gasteiger partial charge in [0, 0.05) is 59.4 Å². The third-order valence-electron chi connectivity index (χ3n) is 6.07. The maximum Gasteiger partial charge on any atom is 0.226 e. The summed E-state index contributed by atoms with van der Waals surface area (Å²) >= 11 is 0. The molecule has 194 valence electrons. The van der Waals surface area contributed by atoms with E-state index in [4.69, 9.17) is 21.9 Å². The zero-order valence-corrected chi connectivity index (χ0v) is 21.8. The van der Waals surface area contributed by atoms with Gasteiger partial charge in [0.1, 0.15) is 11.6 Å². The minimum absolute atomic E-state index is 0.405. The maximum absolute atomic E-state index is 14.4. The molecule has 37 heavy (non-hydrogen) atoms. The number of primary amides is 1. The van der Waals surface area contributed by atoms with E-state index >= 15 is 0 Å². The normalized spacial score (nSPS) is 13.2. The first-order valence-corrected chi connectivity index (χ1v) is 12.0. The number of hydrogen-bond donors (Lipinski definition) is 5. The van der Waals surface area contributed by atoms with Gasteiger partial charge in [-0.1, -0.05) is 19.1 Å². The number of nitrogens with two attached hydrogens (primary N) is 2. The van der Waals surface area contributed by atoms with Crippen LogP contribution in [0.25, 0.3) is 10.9 Å². The molecular formula is C28H34FN7O. The van der Waals surface area contributed by atoms with Gasteiger partial charge < -0.3 is 32.1 Å². The second kappa shape index (κ2) is 11.6. The molecule has 0 aliphatic rings. The van der Waals surface area contributed by atoms with E-state index in [0.29, 0.717) is 50.5 Å². The van der Waals surface area contributed by atoms with Crippen molar-refractivity contribution >= 4 is 45.8 Å². The number of carbonyl (C=O) groups excluding carboxylic acids is 1. The van der Waals surface area contributed by atoms with Crippen LogP contribution in [0.5, 0.6) is 0 Å². The van der Waals surface area contributed by atoms with Crippen LogP contribution in [-0.4, -0.2) is 41.8 Å². The molecule has 0 radical (unpaired) electrons. The second-order valence-corrected chi connectivity index (χ2v) is 8.94. The van der Waals surface area contributed by atoms with Crippen molar-refractivity contribution in [2.24, 2.45) is 10.7 Å². The Kier molecular flexibility index (Phi) is 8.49. The van der Waals surface area contributed by atoms with Gasteiger partial charge in [0.2, 0.25) is 5.91 Å². The van der Waals surface area contributed by atoms with Gasteiger partial charge in [0.05, 0.1) is 17.3 Å². The number of aliphatic imine (C=N–C) groups is 1. The van der Waals surface area contributed by atoms with E-state index in [0.717, 1.165) is 18.5 Å². The summed E-state index contributed by atoms with van der Waals surface area (Å²) in [6, 6.07) is 7.92. The van der Waals surface area contributed by atoms with Crippen LogP contribution in [0.15, 0.2) is 59.4 Å². The van der Waals surface area contributed by atoms with Crippen molar-refractivity contribution < 1.29 is 9.18 Å². The van der Waals surface area contributed by atoms with Crippen LogP contribution in [0.4, 0.5) is 21.5 Å².